The van der Waals surface area contributed by atoms with Crippen molar-refractivity contribution in [2.24, 2.45) is 0 Å². The molecule has 1 aliphatic rings. The van der Waals surface area contributed by atoms with Crippen molar-refractivity contribution in [3.05, 3.63) is 89.2 Å². The van der Waals surface area contributed by atoms with Gasteiger partial charge in [0.15, 0.2) is 11.9 Å². The number of nitrogens with zero attached hydrogens (tertiary/aromatic N) is 3. The van der Waals surface area contributed by atoms with E-state index in [1.807, 2.05) is 42.5 Å². The first-order chi connectivity index (χ1) is 16.1. The first-order valence-corrected chi connectivity index (χ1v) is 10.9. The maximum absolute atomic E-state index is 12.8. The predicted molar refractivity (Wildman–Crippen MR) is 127 cm³/mol. The van der Waals surface area contributed by atoms with Crippen LogP contribution in [-0.4, -0.2) is 28.8 Å². The van der Waals surface area contributed by atoms with Crippen LogP contribution >= 0.6 is 12.6 Å². The van der Waals surface area contributed by atoms with Gasteiger partial charge in [-0.25, -0.2) is 0 Å². The summed E-state index contributed by atoms with van der Waals surface area (Å²) in [4.78, 5) is 16.8. The molecule has 7 nitrogen and oxygen atoms in total. The van der Waals surface area contributed by atoms with E-state index in [4.69, 9.17) is 22.6 Å². The molecule has 1 aliphatic heterocycles. The number of pyridine rings is 1. The topological polar surface area (TPSA) is 111 Å². The lowest BCUT2D eigenvalue weighted by Crippen LogP contribution is -2.48. The number of ether oxygens (including phenoxy) is 1. The Bertz CT molecular complexity index is 1220. The minimum absolute atomic E-state index is 0.253. The smallest absolute Gasteiger partial charge is 0.266 e. The maximum atomic E-state index is 12.8. The Morgan fingerprint density at radius 3 is 2.55 bits per heavy atom. The molecule has 0 spiro atoms. The molecule has 3 atom stereocenters. The number of hydrogen-bond donors (Lipinski definition) is 3. The van der Waals surface area contributed by atoms with Gasteiger partial charge in [0.25, 0.3) is 5.91 Å². The molecule has 0 radical (unpaired) electrons. The fourth-order valence-corrected chi connectivity index (χ4v) is 4.22. The number of carbonyl (C=O) groups is 1. The molecule has 0 aliphatic carbocycles. The third-order valence-electron chi connectivity index (χ3n) is 5.45. The molecule has 2 heterocycles. The number of carbonyl (C=O) groups excluding carboxylic acids is 1. The normalized spacial score (nSPS) is 16.3. The maximum Gasteiger partial charge on any atom is 0.266 e. The fourth-order valence-electron chi connectivity index (χ4n) is 3.74. The van der Waals surface area contributed by atoms with Gasteiger partial charge < -0.3 is 15.4 Å². The zero-order chi connectivity index (χ0) is 23.2. The lowest BCUT2D eigenvalue weighted by Gasteiger charge is -2.34. The van der Waals surface area contributed by atoms with Crippen LogP contribution in [0.2, 0.25) is 0 Å². The molecule has 4 rings (SSSR count). The van der Waals surface area contributed by atoms with Crippen molar-refractivity contribution in [3.63, 3.8) is 0 Å². The van der Waals surface area contributed by atoms with Gasteiger partial charge >= 0.3 is 0 Å². The van der Waals surface area contributed by atoms with Crippen LogP contribution in [0.5, 0.6) is 5.75 Å². The van der Waals surface area contributed by atoms with Crippen molar-refractivity contribution >= 4 is 24.2 Å². The molecule has 2 aromatic carbocycles. The number of hydrogen-bond acceptors (Lipinski definition) is 7. The summed E-state index contributed by atoms with van der Waals surface area (Å²) < 4.78 is 6.00. The number of thiol groups is 1. The molecule has 8 heteroatoms. The summed E-state index contributed by atoms with van der Waals surface area (Å²) in [6, 6.07) is 21.1. The SMILES string of the molecule is N#Cc1ccc(CCN[C@H](c2ccccc2)[C@@H](S)[C@@H]2Oc3c(C#N)cncc3NC2=O)cc1. The van der Waals surface area contributed by atoms with Gasteiger partial charge in [-0.05, 0) is 36.2 Å². The van der Waals surface area contributed by atoms with Gasteiger partial charge in [-0.3, -0.25) is 9.78 Å². The number of aromatic nitrogens is 1. The molecular formula is C25H21N5O2S. The number of nitrogens with one attached hydrogen (secondary N) is 2. The first kappa shape index (κ1) is 22.3. The van der Waals surface area contributed by atoms with Crippen LogP contribution in [0.1, 0.15) is 28.3 Å². The van der Waals surface area contributed by atoms with Gasteiger partial charge in [0.2, 0.25) is 0 Å². The van der Waals surface area contributed by atoms with E-state index in [9.17, 15) is 10.1 Å². The Balaban J connectivity index is 1.53. The molecule has 0 bridgehead atoms. The average molecular weight is 456 g/mol. The van der Waals surface area contributed by atoms with E-state index in [0.29, 0.717) is 23.5 Å². The third kappa shape index (κ3) is 4.98. The van der Waals surface area contributed by atoms with Crippen molar-refractivity contribution in [2.75, 3.05) is 11.9 Å². The van der Waals surface area contributed by atoms with Crippen molar-refractivity contribution in [2.45, 2.75) is 23.8 Å². The zero-order valence-electron chi connectivity index (χ0n) is 17.6. The molecule has 0 saturated carbocycles. The second-order valence-electron chi connectivity index (χ2n) is 7.60. The van der Waals surface area contributed by atoms with Gasteiger partial charge in [-0.15, -0.1) is 0 Å². The van der Waals surface area contributed by atoms with Crippen LogP contribution < -0.4 is 15.4 Å². The second kappa shape index (κ2) is 10.2. The highest BCUT2D eigenvalue weighted by molar-refractivity contribution is 7.81. The highest BCUT2D eigenvalue weighted by Gasteiger charge is 2.38. The predicted octanol–water partition coefficient (Wildman–Crippen LogP) is 3.40. The van der Waals surface area contributed by atoms with Crippen molar-refractivity contribution < 1.29 is 9.53 Å². The van der Waals surface area contributed by atoms with Crippen LogP contribution in [0.25, 0.3) is 0 Å². The van der Waals surface area contributed by atoms with Crippen LogP contribution in [-0.2, 0) is 11.2 Å². The first-order valence-electron chi connectivity index (χ1n) is 10.4. The molecule has 2 N–H and O–H groups in total. The lowest BCUT2D eigenvalue weighted by molar-refractivity contribution is -0.123. The highest BCUT2D eigenvalue weighted by Crippen LogP contribution is 2.36. The molecular weight excluding hydrogens is 434 g/mol. The monoisotopic (exact) mass is 455 g/mol. The Kier molecular flexibility index (Phi) is 6.89. The van der Waals surface area contributed by atoms with Gasteiger partial charge in [0, 0.05) is 12.2 Å². The van der Waals surface area contributed by atoms with E-state index in [-0.39, 0.29) is 17.5 Å². The van der Waals surface area contributed by atoms with Gasteiger partial charge in [0.05, 0.1) is 23.1 Å². The number of fused-ring (bicyclic) bond motifs is 1. The molecule has 33 heavy (non-hydrogen) atoms. The highest BCUT2D eigenvalue weighted by atomic mass is 32.1. The van der Waals surface area contributed by atoms with E-state index in [0.717, 1.165) is 17.5 Å². The largest absolute Gasteiger partial charge is 0.476 e. The van der Waals surface area contributed by atoms with Crippen LogP contribution in [0, 0.1) is 22.7 Å². The van der Waals surface area contributed by atoms with Gasteiger partial charge in [-0.1, -0.05) is 42.5 Å². The molecule has 0 fully saturated rings. The average Bonchev–Trinajstić information content (AvgIpc) is 2.86. The van der Waals surface area contributed by atoms with Gasteiger partial charge in [-0.2, -0.15) is 23.2 Å². The van der Waals surface area contributed by atoms with E-state index in [1.165, 1.54) is 12.4 Å². The van der Waals surface area contributed by atoms with Crippen molar-refractivity contribution in [3.8, 4) is 17.9 Å². The third-order valence-corrected chi connectivity index (χ3v) is 6.02. The minimum Gasteiger partial charge on any atom is -0.476 e. The number of rotatable bonds is 7. The zero-order valence-corrected chi connectivity index (χ0v) is 18.5. The number of anilines is 1. The summed E-state index contributed by atoms with van der Waals surface area (Å²) in [5.41, 5.74) is 3.31. The molecule has 164 valence electrons. The summed E-state index contributed by atoms with van der Waals surface area (Å²) in [5.74, 6) is -0.0326. The molecule has 0 unspecified atom stereocenters. The Labute approximate surface area is 197 Å². The van der Waals surface area contributed by atoms with Crippen LogP contribution in [0.4, 0.5) is 5.69 Å². The van der Waals surface area contributed by atoms with Crippen LogP contribution in [0.15, 0.2) is 67.0 Å². The van der Waals surface area contributed by atoms with Crippen molar-refractivity contribution in [1.82, 2.24) is 10.3 Å². The van der Waals surface area contributed by atoms with E-state index < -0.39 is 11.4 Å². The molecule has 1 amide bonds. The Morgan fingerprint density at radius 1 is 1.09 bits per heavy atom. The Hall–Kier alpha value is -3.85. The number of amides is 1. The summed E-state index contributed by atoms with van der Waals surface area (Å²) in [5, 5.41) is 24.1. The summed E-state index contributed by atoms with van der Waals surface area (Å²) in [6.07, 6.45) is 2.69. The molecule has 0 saturated heterocycles. The van der Waals surface area contributed by atoms with E-state index in [1.54, 1.807) is 12.1 Å². The second-order valence-corrected chi connectivity index (χ2v) is 8.19. The van der Waals surface area contributed by atoms with E-state index >= 15 is 0 Å². The van der Waals surface area contributed by atoms with Crippen LogP contribution in [0.3, 0.4) is 0 Å². The minimum atomic E-state index is -0.914. The summed E-state index contributed by atoms with van der Waals surface area (Å²) >= 11 is 4.80. The Morgan fingerprint density at radius 2 is 1.85 bits per heavy atom. The number of benzene rings is 2. The quantitative estimate of drug-likeness (QED) is 0.471. The lowest BCUT2D eigenvalue weighted by atomic mass is 9.98. The molecule has 3 aromatic rings. The standard InChI is InChI=1S/C25H21N5O2S/c26-12-17-8-6-16(7-9-17)10-11-29-21(18-4-2-1-3-5-18)24(33)23-25(31)30-20-15-28-14-19(13-27)22(20)32-23/h1-9,14-15,21,23-24,29,33H,10-11H2,(H,30,31)/t21-,23+,24-/m1/s1. The molecule has 1 aromatic heterocycles. The summed E-state index contributed by atoms with van der Waals surface area (Å²) in [6.45, 7) is 0.626. The fraction of sp³-hybridized carbons (Fsp3) is 0.200. The van der Waals surface area contributed by atoms with E-state index in [2.05, 4.69) is 27.8 Å². The number of nitriles is 2. The van der Waals surface area contributed by atoms with Gasteiger partial charge in [0.1, 0.15) is 17.3 Å². The van der Waals surface area contributed by atoms with Crippen molar-refractivity contribution in [1.29, 1.82) is 10.5 Å². The summed E-state index contributed by atoms with van der Waals surface area (Å²) in [7, 11) is 0.